The molecule has 0 radical (unpaired) electrons. The molecule has 3 nitrogen and oxygen atoms in total. The molecule has 0 spiro atoms. The zero-order valence-electron chi connectivity index (χ0n) is 5.17. The Morgan fingerprint density at radius 3 is 2.73 bits per heavy atom. The van der Waals surface area contributed by atoms with E-state index < -0.39 is 6.61 Å². The van der Waals surface area contributed by atoms with E-state index in [1.807, 2.05) is 0 Å². The number of alkyl halides is 2. The summed E-state index contributed by atoms with van der Waals surface area (Å²) >= 11 is 5.35. The van der Waals surface area contributed by atoms with Gasteiger partial charge in [0, 0.05) is 6.07 Å². The molecule has 0 N–H and O–H groups in total. The number of hydrogen-bond donors (Lipinski definition) is 0. The van der Waals surface area contributed by atoms with Gasteiger partial charge in [0.2, 0.25) is 5.88 Å². The molecule has 0 fully saturated rings. The minimum atomic E-state index is -2.89. The van der Waals surface area contributed by atoms with Crippen molar-refractivity contribution in [3.63, 3.8) is 0 Å². The third kappa shape index (κ3) is 2.63. The van der Waals surface area contributed by atoms with Crippen molar-refractivity contribution >= 4 is 11.6 Å². The zero-order valence-corrected chi connectivity index (χ0v) is 5.92. The standard InChI is InChI=1S/C5H3ClF2N2O/c6-3-1-4(10-2-9-3)11-5(7)8/h1-2,5H. The Morgan fingerprint density at radius 2 is 2.18 bits per heavy atom. The highest BCUT2D eigenvalue weighted by Crippen LogP contribution is 2.12. The number of nitrogens with zero attached hydrogens (tertiary/aromatic N) is 2. The first kappa shape index (κ1) is 8.13. The fourth-order valence-corrected chi connectivity index (χ4v) is 0.610. The molecule has 1 rings (SSSR count). The molecule has 0 saturated carbocycles. The summed E-state index contributed by atoms with van der Waals surface area (Å²) in [5.74, 6) is -0.236. The Bertz CT molecular complexity index is 246. The highest BCUT2D eigenvalue weighted by Gasteiger charge is 2.04. The molecule has 6 heteroatoms. The van der Waals surface area contributed by atoms with Gasteiger partial charge in [0.15, 0.2) is 0 Å². The maximum Gasteiger partial charge on any atom is 0.388 e. The van der Waals surface area contributed by atoms with Gasteiger partial charge < -0.3 is 4.74 Å². The Hall–Kier alpha value is -0.970. The number of aromatic nitrogens is 2. The molecular formula is C5H3ClF2N2O. The summed E-state index contributed by atoms with van der Waals surface area (Å²) in [6.07, 6.45) is 1.04. The summed E-state index contributed by atoms with van der Waals surface area (Å²) in [4.78, 5) is 6.86. The average molecular weight is 181 g/mol. The van der Waals surface area contributed by atoms with Gasteiger partial charge in [0.25, 0.3) is 0 Å². The predicted octanol–water partition coefficient (Wildman–Crippen LogP) is 1.73. The van der Waals surface area contributed by atoms with Crippen molar-refractivity contribution in [1.82, 2.24) is 9.97 Å². The molecular weight excluding hydrogens is 178 g/mol. The van der Waals surface area contributed by atoms with E-state index in [-0.39, 0.29) is 11.0 Å². The van der Waals surface area contributed by atoms with Crippen LogP contribution in [0.5, 0.6) is 5.88 Å². The van der Waals surface area contributed by atoms with Gasteiger partial charge in [-0.25, -0.2) is 9.97 Å². The van der Waals surface area contributed by atoms with Crippen LogP contribution < -0.4 is 4.74 Å². The van der Waals surface area contributed by atoms with Crippen molar-refractivity contribution in [2.24, 2.45) is 0 Å². The zero-order chi connectivity index (χ0) is 8.27. The van der Waals surface area contributed by atoms with Crippen LogP contribution in [0.1, 0.15) is 0 Å². The molecule has 0 aromatic carbocycles. The van der Waals surface area contributed by atoms with Crippen LogP contribution in [0.15, 0.2) is 12.4 Å². The van der Waals surface area contributed by atoms with Gasteiger partial charge in [-0.15, -0.1) is 0 Å². The van der Waals surface area contributed by atoms with Crippen LogP contribution in [0, 0.1) is 0 Å². The first-order valence-corrected chi connectivity index (χ1v) is 2.98. The summed E-state index contributed by atoms with van der Waals surface area (Å²) in [6, 6.07) is 1.10. The molecule has 0 saturated heterocycles. The van der Waals surface area contributed by atoms with Gasteiger partial charge in [-0.3, -0.25) is 0 Å². The predicted molar refractivity (Wildman–Crippen MR) is 33.7 cm³/mol. The lowest BCUT2D eigenvalue weighted by Crippen LogP contribution is -2.03. The number of ether oxygens (including phenoxy) is 1. The molecule has 1 aromatic rings. The lowest BCUT2D eigenvalue weighted by Gasteiger charge is -2.00. The van der Waals surface area contributed by atoms with Crippen molar-refractivity contribution in [1.29, 1.82) is 0 Å². The van der Waals surface area contributed by atoms with E-state index in [1.165, 1.54) is 0 Å². The first-order valence-electron chi connectivity index (χ1n) is 2.61. The van der Waals surface area contributed by atoms with Gasteiger partial charge in [0.1, 0.15) is 11.5 Å². The second-order valence-corrected chi connectivity index (χ2v) is 1.94. The topological polar surface area (TPSA) is 35.0 Å². The fourth-order valence-electron chi connectivity index (χ4n) is 0.473. The summed E-state index contributed by atoms with van der Waals surface area (Å²) in [5, 5.41) is 0.0654. The summed E-state index contributed by atoms with van der Waals surface area (Å²) in [5.41, 5.74) is 0. The maximum atomic E-state index is 11.5. The molecule has 11 heavy (non-hydrogen) atoms. The normalized spacial score (nSPS) is 10.2. The molecule has 0 atom stereocenters. The third-order valence-corrected chi connectivity index (χ3v) is 1.03. The lowest BCUT2D eigenvalue weighted by atomic mass is 10.6. The molecule has 1 heterocycles. The highest BCUT2D eigenvalue weighted by molar-refractivity contribution is 6.29. The van der Waals surface area contributed by atoms with Crippen LogP contribution >= 0.6 is 11.6 Å². The highest BCUT2D eigenvalue weighted by atomic mass is 35.5. The number of halogens is 3. The smallest absolute Gasteiger partial charge is 0.388 e. The van der Waals surface area contributed by atoms with Crippen molar-refractivity contribution in [3.8, 4) is 5.88 Å². The Labute approximate surface area is 66.0 Å². The molecule has 0 aliphatic carbocycles. The molecule has 0 aliphatic rings. The maximum absolute atomic E-state index is 11.5. The summed E-state index contributed by atoms with van der Waals surface area (Å²) in [7, 11) is 0. The minimum Gasteiger partial charge on any atom is -0.417 e. The van der Waals surface area contributed by atoms with E-state index in [1.54, 1.807) is 0 Å². The monoisotopic (exact) mass is 180 g/mol. The lowest BCUT2D eigenvalue weighted by molar-refractivity contribution is -0.0529. The van der Waals surface area contributed by atoms with Gasteiger partial charge in [-0.05, 0) is 0 Å². The number of rotatable bonds is 2. The summed E-state index contributed by atoms with van der Waals surface area (Å²) in [6.45, 7) is -2.89. The van der Waals surface area contributed by atoms with Gasteiger partial charge in [0.05, 0.1) is 0 Å². The van der Waals surface area contributed by atoms with E-state index in [0.717, 1.165) is 12.4 Å². The molecule has 60 valence electrons. The van der Waals surface area contributed by atoms with E-state index in [9.17, 15) is 8.78 Å². The largest absolute Gasteiger partial charge is 0.417 e. The molecule has 0 unspecified atom stereocenters. The number of hydrogen-bond acceptors (Lipinski definition) is 3. The summed E-state index contributed by atoms with van der Waals surface area (Å²) < 4.78 is 27.0. The van der Waals surface area contributed by atoms with Crippen molar-refractivity contribution in [2.75, 3.05) is 0 Å². The van der Waals surface area contributed by atoms with Crippen LogP contribution in [0.3, 0.4) is 0 Å². The van der Waals surface area contributed by atoms with Crippen LogP contribution in [-0.4, -0.2) is 16.6 Å². The third-order valence-electron chi connectivity index (χ3n) is 0.818. The van der Waals surface area contributed by atoms with Crippen molar-refractivity contribution in [2.45, 2.75) is 6.61 Å². The Balaban J connectivity index is 2.71. The average Bonchev–Trinajstić information content (AvgIpc) is 1.85. The fraction of sp³-hybridized carbons (Fsp3) is 0.200. The van der Waals surface area contributed by atoms with E-state index in [2.05, 4.69) is 14.7 Å². The van der Waals surface area contributed by atoms with Crippen LogP contribution in [0.2, 0.25) is 5.15 Å². The van der Waals surface area contributed by atoms with Gasteiger partial charge >= 0.3 is 6.61 Å². The molecule has 0 amide bonds. The van der Waals surface area contributed by atoms with Crippen LogP contribution in [0.25, 0.3) is 0 Å². The quantitative estimate of drug-likeness (QED) is 0.651. The second kappa shape index (κ2) is 3.43. The van der Waals surface area contributed by atoms with Crippen molar-refractivity contribution in [3.05, 3.63) is 17.5 Å². The van der Waals surface area contributed by atoms with E-state index >= 15 is 0 Å². The SMILES string of the molecule is FC(F)Oc1cc(Cl)ncn1. The van der Waals surface area contributed by atoms with Gasteiger partial charge in [-0.1, -0.05) is 11.6 Å². The molecule has 0 aliphatic heterocycles. The van der Waals surface area contributed by atoms with Crippen molar-refractivity contribution < 1.29 is 13.5 Å². The minimum absolute atomic E-state index is 0.0654. The van der Waals surface area contributed by atoms with Gasteiger partial charge in [-0.2, -0.15) is 8.78 Å². The molecule has 0 bridgehead atoms. The van der Waals surface area contributed by atoms with Crippen LogP contribution in [-0.2, 0) is 0 Å². The second-order valence-electron chi connectivity index (χ2n) is 1.56. The molecule has 1 aromatic heterocycles. The Morgan fingerprint density at radius 1 is 1.45 bits per heavy atom. The van der Waals surface area contributed by atoms with Crippen LogP contribution in [0.4, 0.5) is 8.78 Å². The van der Waals surface area contributed by atoms with E-state index in [4.69, 9.17) is 11.6 Å². The first-order chi connectivity index (χ1) is 5.18. The Kier molecular flexibility index (Phi) is 2.53. The van der Waals surface area contributed by atoms with E-state index in [0.29, 0.717) is 0 Å².